The molecule has 1 aromatic rings. The third kappa shape index (κ3) is 3.08. The minimum atomic E-state index is -3.72. The van der Waals surface area contributed by atoms with E-state index in [1.807, 2.05) is 6.92 Å². The average Bonchev–Trinajstić information content (AvgIpc) is 3.09. The molecule has 1 saturated carbocycles. The number of benzene rings is 1. The Balaban J connectivity index is 2.28. The Bertz CT molecular complexity index is 592. The maximum absolute atomic E-state index is 13.6. The summed E-state index contributed by atoms with van der Waals surface area (Å²) in [6.45, 7) is 1.99. The number of hydrogen-bond donors (Lipinski definition) is 2. The first kappa shape index (κ1) is 14.7. The number of hydrogen-bond acceptors (Lipinski definition) is 3. The van der Waals surface area contributed by atoms with Gasteiger partial charge >= 0.3 is 0 Å². The lowest BCUT2D eigenvalue weighted by Gasteiger charge is -2.09. The van der Waals surface area contributed by atoms with Crippen molar-refractivity contribution < 1.29 is 12.8 Å². The lowest BCUT2D eigenvalue weighted by molar-refractivity contribution is 0.572. The lowest BCUT2D eigenvalue weighted by Crippen LogP contribution is -2.27. The normalized spacial score (nSPS) is 22.5. The molecule has 2 rings (SSSR count). The van der Waals surface area contributed by atoms with Crippen molar-refractivity contribution in [3.8, 4) is 0 Å². The van der Waals surface area contributed by atoms with Crippen LogP contribution in [0.25, 0.3) is 0 Å². The number of sulfonamides is 1. The standard InChI is InChI=1S/C12H16ClFN2O2S/c1-2-7-4-11(7)16-19(17,18)9-3-8(6-15)12(13)10(14)5-9/h3,5,7,11,16H,2,4,6,15H2,1H3. The summed E-state index contributed by atoms with van der Waals surface area (Å²) in [4.78, 5) is -0.128. The van der Waals surface area contributed by atoms with Crippen molar-refractivity contribution >= 4 is 21.6 Å². The van der Waals surface area contributed by atoms with E-state index >= 15 is 0 Å². The van der Waals surface area contributed by atoms with Crippen LogP contribution in [0.4, 0.5) is 4.39 Å². The molecular weight excluding hydrogens is 291 g/mol. The van der Waals surface area contributed by atoms with E-state index in [1.165, 1.54) is 6.07 Å². The largest absolute Gasteiger partial charge is 0.326 e. The summed E-state index contributed by atoms with van der Waals surface area (Å²) in [5.41, 5.74) is 5.70. The van der Waals surface area contributed by atoms with Crippen molar-refractivity contribution in [3.05, 3.63) is 28.5 Å². The summed E-state index contributed by atoms with van der Waals surface area (Å²) in [6, 6.07) is 2.19. The molecule has 4 nitrogen and oxygen atoms in total. The molecule has 106 valence electrons. The highest BCUT2D eigenvalue weighted by atomic mass is 35.5. The molecule has 0 radical (unpaired) electrons. The summed E-state index contributed by atoms with van der Waals surface area (Å²) in [7, 11) is -3.72. The number of nitrogens with two attached hydrogens (primary N) is 1. The Labute approximate surface area is 117 Å². The van der Waals surface area contributed by atoms with Crippen LogP contribution in [-0.2, 0) is 16.6 Å². The summed E-state index contributed by atoms with van der Waals surface area (Å²) in [6.07, 6.45) is 1.76. The number of nitrogens with one attached hydrogen (secondary N) is 1. The van der Waals surface area contributed by atoms with Crippen molar-refractivity contribution in [1.29, 1.82) is 0 Å². The highest BCUT2D eigenvalue weighted by molar-refractivity contribution is 7.89. The third-order valence-corrected chi connectivity index (χ3v) is 5.25. The molecule has 1 aliphatic rings. The van der Waals surface area contributed by atoms with Crippen LogP contribution in [0.15, 0.2) is 17.0 Å². The predicted molar refractivity (Wildman–Crippen MR) is 71.8 cm³/mol. The van der Waals surface area contributed by atoms with E-state index in [4.69, 9.17) is 17.3 Å². The Morgan fingerprint density at radius 1 is 1.53 bits per heavy atom. The lowest BCUT2D eigenvalue weighted by atomic mass is 10.2. The van der Waals surface area contributed by atoms with E-state index in [0.29, 0.717) is 5.92 Å². The smallest absolute Gasteiger partial charge is 0.240 e. The van der Waals surface area contributed by atoms with Crippen molar-refractivity contribution in [2.45, 2.75) is 37.2 Å². The molecule has 3 N–H and O–H groups in total. The average molecular weight is 307 g/mol. The molecule has 1 fully saturated rings. The first-order valence-electron chi connectivity index (χ1n) is 6.09. The Kier molecular flexibility index (Phi) is 4.15. The second-order valence-corrected chi connectivity index (χ2v) is 6.81. The second-order valence-electron chi connectivity index (χ2n) is 4.71. The molecule has 1 aliphatic carbocycles. The van der Waals surface area contributed by atoms with E-state index in [2.05, 4.69) is 4.72 Å². The maximum atomic E-state index is 13.6. The third-order valence-electron chi connectivity index (χ3n) is 3.36. The van der Waals surface area contributed by atoms with Gasteiger partial charge in [0.1, 0.15) is 5.82 Å². The van der Waals surface area contributed by atoms with Crippen LogP contribution < -0.4 is 10.5 Å². The maximum Gasteiger partial charge on any atom is 0.240 e. The zero-order chi connectivity index (χ0) is 14.2. The quantitative estimate of drug-likeness (QED) is 0.874. The van der Waals surface area contributed by atoms with Crippen LogP contribution in [0.5, 0.6) is 0 Å². The minimum absolute atomic E-state index is 0.0138. The van der Waals surface area contributed by atoms with Crippen LogP contribution in [0.1, 0.15) is 25.3 Å². The van der Waals surface area contributed by atoms with E-state index in [9.17, 15) is 12.8 Å². The van der Waals surface area contributed by atoms with Gasteiger partial charge in [-0.1, -0.05) is 24.9 Å². The monoisotopic (exact) mass is 306 g/mol. The van der Waals surface area contributed by atoms with Gasteiger partial charge in [0.2, 0.25) is 10.0 Å². The van der Waals surface area contributed by atoms with Crippen LogP contribution in [0.2, 0.25) is 5.02 Å². The SMILES string of the molecule is CCC1CC1NS(=O)(=O)c1cc(F)c(Cl)c(CN)c1. The van der Waals surface area contributed by atoms with Gasteiger partial charge in [-0.05, 0) is 30.0 Å². The zero-order valence-corrected chi connectivity index (χ0v) is 12.1. The summed E-state index contributed by atoms with van der Waals surface area (Å²) in [5, 5.41) is -0.126. The van der Waals surface area contributed by atoms with E-state index in [0.717, 1.165) is 18.9 Å². The summed E-state index contributed by atoms with van der Waals surface area (Å²) < 4.78 is 40.4. The fourth-order valence-corrected chi connectivity index (χ4v) is 3.60. The molecule has 0 bridgehead atoms. The predicted octanol–water partition coefficient (Wildman–Crippen LogP) is 2.01. The van der Waals surface area contributed by atoms with E-state index < -0.39 is 15.8 Å². The van der Waals surface area contributed by atoms with Crippen molar-refractivity contribution in [2.75, 3.05) is 0 Å². The molecule has 0 saturated heterocycles. The molecular formula is C12H16ClFN2O2S. The molecule has 0 heterocycles. The Morgan fingerprint density at radius 2 is 2.21 bits per heavy atom. The minimum Gasteiger partial charge on any atom is -0.326 e. The van der Waals surface area contributed by atoms with Crippen LogP contribution in [-0.4, -0.2) is 14.5 Å². The molecule has 0 aromatic heterocycles. The van der Waals surface area contributed by atoms with Gasteiger partial charge in [0, 0.05) is 12.6 Å². The number of rotatable bonds is 5. The van der Waals surface area contributed by atoms with Gasteiger partial charge in [-0.2, -0.15) is 0 Å². The second kappa shape index (κ2) is 5.36. The molecule has 2 unspecified atom stereocenters. The summed E-state index contributed by atoms with van der Waals surface area (Å²) in [5.74, 6) is -0.395. The summed E-state index contributed by atoms with van der Waals surface area (Å²) >= 11 is 5.71. The molecule has 0 aliphatic heterocycles. The zero-order valence-electron chi connectivity index (χ0n) is 10.5. The molecule has 7 heteroatoms. The molecule has 19 heavy (non-hydrogen) atoms. The van der Waals surface area contributed by atoms with Gasteiger partial charge in [-0.25, -0.2) is 17.5 Å². The van der Waals surface area contributed by atoms with Gasteiger partial charge in [-0.3, -0.25) is 0 Å². The van der Waals surface area contributed by atoms with E-state index in [1.54, 1.807) is 0 Å². The van der Waals surface area contributed by atoms with Gasteiger partial charge in [-0.15, -0.1) is 0 Å². The van der Waals surface area contributed by atoms with Crippen LogP contribution >= 0.6 is 11.6 Å². The van der Waals surface area contributed by atoms with Gasteiger partial charge in [0.05, 0.1) is 9.92 Å². The van der Waals surface area contributed by atoms with Crippen LogP contribution in [0.3, 0.4) is 0 Å². The fraction of sp³-hybridized carbons (Fsp3) is 0.500. The number of halogens is 2. The van der Waals surface area contributed by atoms with E-state index in [-0.39, 0.29) is 28.1 Å². The Morgan fingerprint density at radius 3 is 2.74 bits per heavy atom. The topological polar surface area (TPSA) is 72.2 Å². The first-order chi connectivity index (χ1) is 8.89. The van der Waals surface area contributed by atoms with Gasteiger partial charge in [0.25, 0.3) is 0 Å². The highest BCUT2D eigenvalue weighted by Crippen LogP contribution is 2.34. The molecule has 2 atom stereocenters. The fourth-order valence-electron chi connectivity index (χ4n) is 2.03. The Hall–Kier alpha value is -0.690. The molecule has 0 spiro atoms. The van der Waals surface area contributed by atoms with Crippen LogP contribution in [0, 0.1) is 11.7 Å². The van der Waals surface area contributed by atoms with Crippen molar-refractivity contribution in [2.24, 2.45) is 11.7 Å². The first-order valence-corrected chi connectivity index (χ1v) is 7.95. The molecule has 1 aromatic carbocycles. The van der Waals surface area contributed by atoms with Crippen molar-refractivity contribution in [1.82, 2.24) is 4.72 Å². The van der Waals surface area contributed by atoms with Gasteiger partial charge < -0.3 is 5.73 Å². The van der Waals surface area contributed by atoms with Crippen molar-refractivity contribution in [3.63, 3.8) is 0 Å². The van der Waals surface area contributed by atoms with Gasteiger partial charge in [0.15, 0.2) is 0 Å². The molecule has 0 amide bonds. The highest BCUT2D eigenvalue weighted by Gasteiger charge is 2.38.